The summed E-state index contributed by atoms with van der Waals surface area (Å²) in [6.07, 6.45) is 5.25. The zero-order valence-corrected chi connectivity index (χ0v) is 14.6. The number of amides is 1. The number of nitrogens with zero attached hydrogens (tertiary/aromatic N) is 2. The molecule has 0 saturated heterocycles. The summed E-state index contributed by atoms with van der Waals surface area (Å²) >= 11 is 0. The van der Waals surface area contributed by atoms with E-state index in [4.69, 9.17) is 4.74 Å². The minimum absolute atomic E-state index is 0.0705. The first-order valence-electron chi connectivity index (χ1n) is 8.02. The predicted octanol–water partition coefficient (Wildman–Crippen LogP) is 4.01. The lowest BCUT2D eigenvalue weighted by Gasteiger charge is -2.13. The van der Waals surface area contributed by atoms with E-state index in [1.54, 1.807) is 27.3 Å². The Morgan fingerprint density at radius 2 is 1.80 bits per heavy atom. The van der Waals surface area contributed by atoms with Crippen LogP contribution in [0.1, 0.15) is 5.56 Å². The molecule has 1 amide bonds. The Morgan fingerprint density at radius 1 is 1.08 bits per heavy atom. The number of hydrogen-bond donors (Lipinski definition) is 0. The summed E-state index contributed by atoms with van der Waals surface area (Å²) in [5, 5.41) is 2.07. The second-order valence-corrected chi connectivity index (χ2v) is 5.87. The Labute approximate surface area is 147 Å². The van der Waals surface area contributed by atoms with Gasteiger partial charge in [0.15, 0.2) is 0 Å². The summed E-state index contributed by atoms with van der Waals surface area (Å²) < 4.78 is 5.49. The Morgan fingerprint density at radius 3 is 2.56 bits per heavy atom. The Bertz CT molecular complexity index is 946. The molecule has 3 aromatic rings. The van der Waals surface area contributed by atoms with Gasteiger partial charge in [0.2, 0.25) is 5.91 Å². The topological polar surface area (TPSA) is 42.4 Å². The third-order valence-electron chi connectivity index (χ3n) is 4.03. The molecule has 1 heterocycles. The number of benzene rings is 2. The molecular weight excluding hydrogens is 312 g/mol. The van der Waals surface area contributed by atoms with Crippen molar-refractivity contribution in [2.24, 2.45) is 0 Å². The van der Waals surface area contributed by atoms with Gasteiger partial charge >= 0.3 is 0 Å². The van der Waals surface area contributed by atoms with E-state index in [0.717, 1.165) is 33.3 Å². The predicted molar refractivity (Wildman–Crippen MR) is 101 cm³/mol. The van der Waals surface area contributed by atoms with Crippen LogP contribution < -0.4 is 4.74 Å². The molecule has 0 bridgehead atoms. The third kappa shape index (κ3) is 3.38. The van der Waals surface area contributed by atoms with Gasteiger partial charge in [-0.2, -0.15) is 0 Å². The average molecular weight is 332 g/mol. The molecule has 0 aliphatic rings. The van der Waals surface area contributed by atoms with Gasteiger partial charge in [-0.15, -0.1) is 0 Å². The number of carbonyl (C=O) groups is 1. The van der Waals surface area contributed by atoms with Crippen LogP contribution >= 0.6 is 0 Å². The van der Waals surface area contributed by atoms with Gasteiger partial charge in [0, 0.05) is 42.9 Å². The van der Waals surface area contributed by atoms with Crippen LogP contribution in [0.5, 0.6) is 5.75 Å². The van der Waals surface area contributed by atoms with Gasteiger partial charge in [-0.05, 0) is 23.6 Å². The molecule has 0 atom stereocenters. The molecule has 4 heteroatoms. The van der Waals surface area contributed by atoms with Crippen LogP contribution in [0.4, 0.5) is 0 Å². The zero-order valence-electron chi connectivity index (χ0n) is 14.6. The van der Waals surface area contributed by atoms with Crippen molar-refractivity contribution < 1.29 is 9.53 Å². The first-order chi connectivity index (χ1) is 12.1. The quantitative estimate of drug-likeness (QED) is 0.678. The minimum atomic E-state index is -0.0705. The maximum Gasteiger partial charge on any atom is 0.246 e. The molecule has 0 spiro atoms. The molecule has 0 aliphatic heterocycles. The third-order valence-corrected chi connectivity index (χ3v) is 4.03. The normalized spacial score (nSPS) is 11.0. The number of carbonyl (C=O) groups excluding carboxylic acids is 1. The van der Waals surface area contributed by atoms with Crippen molar-refractivity contribution >= 4 is 22.8 Å². The number of aromatic nitrogens is 1. The molecular formula is C21H20N2O2. The fourth-order valence-corrected chi connectivity index (χ4v) is 2.71. The number of ether oxygens (including phenoxy) is 1. The molecule has 0 saturated carbocycles. The van der Waals surface area contributed by atoms with Gasteiger partial charge in [0.05, 0.1) is 12.8 Å². The van der Waals surface area contributed by atoms with Crippen LogP contribution in [0.15, 0.2) is 60.8 Å². The molecule has 3 rings (SSSR count). The van der Waals surface area contributed by atoms with Crippen LogP contribution in [-0.2, 0) is 4.79 Å². The monoisotopic (exact) mass is 332 g/mol. The van der Waals surface area contributed by atoms with Crippen molar-refractivity contribution in [3.05, 3.63) is 66.4 Å². The second kappa shape index (κ2) is 7.18. The zero-order chi connectivity index (χ0) is 17.8. The maximum absolute atomic E-state index is 12.0. The Hall–Kier alpha value is -3.14. The van der Waals surface area contributed by atoms with E-state index >= 15 is 0 Å². The molecule has 126 valence electrons. The number of methoxy groups -OCH3 is 1. The number of likely N-dealkylation sites (N-methyl/N-ethyl adjacent to an activating group) is 1. The molecule has 0 radical (unpaired) electrons. The molecule has 4 nitrogen and oxygen atoms in total. The molecule has 25 heavy (non-hydrogen) atoms. The Balaban J connectivity index is 2.25. The summed E-state index contributed by atoms with van der Waals surface area (Å²) in [5.41, 5.74) is 2.59. The number of para-hydroxylation sites is 1. The van der Waals surface area contributed by atoms with Crippen LogP contribution in [0, 0.1) is 0 Å². The van der Waals surface area contributed by atoms with Gasteiger partial charge in [0.1, 0.15) is 5.75 Å². The molecule has 0 unspecified atom stereocenters. The van der Waals surface area contributed by atoms with Crippen LogP contribution in [0.3, 0.4) is 0 Å². The van der Waals surface area contributed by atoms with Crippen molar-refractivity contribution in [2.45, 2.75) is 0 Å². The van der Waals surface area contributed by atoms with Gasteiger partial charge < -0.3 is 9.64 Å². The summed E-state index contributed by atoms with van der Waals surface area (Å²) in [6.45, 7) is 0. The van der Waals surface area contributed by atoms with E-state index < -0.39 is 0 Å². The highest BCUT2D eigenvalue weighted by Gasteiger charge is 2.13. The lowest BCUT2D eigenvalue weighted by atomic mass is 9.99. The van der Waals surface area contributed by atoms with Crippen molar-refractivity contribution in [2.75, 3.05) is 21.2 Å². The highest BCUT2D eigenvalue weighted by atomic mass is 16.5. The SMILES string of the molecule is COc1ccccc1-c1ncc2ccccc2c1/C=C/C(=O)N(C)C. The number of rotatable bonds is 4. The van der Waals surface area contributed by atoms with Crippen molar-refractivity contribution in [3.63, 3.8) is 0 Å². The number of pyridine rings is 1. The van der Waals surface area contributed by atoms with Crippen molar-refractivity contribution in [1.82, 2.24) is 9.88 Å². The van der Waals surface area contributed by atoms with Crippen LogP contribution in [0.2, 0.25) is 0 Å². The summed E-state index contributed by atoms with van der Waals surface area (Å²) in [6, 6.07) is 15.8. The second-order valence-electron chi connectivity index (χ2n) is 5.87. The largest absolute Gasteiger partial charge is 0.496 e. The molecule has 1 aromatic heterocycles. The highest BCUT2D eigenvalue weighted by molar-refractivity contribution is 6.00. The molecule has 0 N–H and O–H groups in total. The Kier molecular flexibility index (Phi) is 4.80. The fourth-order valence-electron chi connectivity index (χ4n) is 2.71. The summed E-state index contributed by atoms with van der Waals surface area (Å²) in [7, 11) is 5.11. The summed E-state index contributed by atoms with van der Waals surface area (Å²) in [5.74, 6) is 0.678. The molecule has 2 aromatic carbocycles. The van der Waals surface area contributed by atoms with Crippen LogP contribution in [-0.4, -0.2) is 37.0 Å². The molecule has 0 fully saturated rings. The van der Waals surface area contributed by atoms with Gasteiger partial charge in [-0.1, -0.05) is 36.4 Å². The smallest absolute Gasteiger partial charge is 0.246 e. The van der Waals surface area contributed by atoms with E-state index in [-0.39, 0.29) is 5.91 Å². The van der Waals surface area contributed by atoms with Gasteiger partial charge in [0.25, 0.3) is 0 Å². The lowest BCUT2D eigenvalue weighted by molar-refractivity contribution is -0.123. The van der Waals surface area contributed by atoms with Gasteiger partial charge in [-0.3, -0.25) is 9.78 Å². The van der Waals surface area contributed by atoms with E-state index in [1.807, 2.05) is 60.8 Å². The van der Waals surface area contributed by atoms with Crippen LogP contribution in [0.25, 0.3) is 28.1 Å². The van der Waals surface area contributed by atoms with E-state index in [2.05, 4.69) is 4.98 Å². The lowest BCUT2D eigenvalue weighted by Crippen LogP contribution is -2.18. The minimum Gasteiger partial charge on any atom is -0.496 e. The number of fused-ring (bicyclic) bond motifs is 1. The molecule has 0 aliphatic carbocycles. The first kappa shape index (κ1) is 16.7. The van der Waals surface area contributed by atoms with E-state index in [9.17, 15) is 4.79 Å². The average Bonchev–Trinajstić information content (AvgIpc) is 2.65. The fraction of sp³-hybridized carbons (Fsp3) is 0.143. The highest BCUT2D eigenvalue weighted by Crippen LogP contribution is 2.34. The first-order valence-corrected chi connectivity index (χ1v) is 8.02. The van der Waals surface area contributed by atoms with E-state index in [1.165, 1.54) is 4.90 Å². The number of hydrogen-bond acceptors (Lipinski definition) is 3. The van der Waals surface area contributed by atoms with E-state index in [0.29, 0.717) is 0 Å². The van der Waals surface area contributed by atoms with Crippen molar-refractivity contribution in [3.8, 4) is 17.0 Å². The maximum atomic E-state index is 12.0. The van der Waals surface area contributed by atoms with Crippen molar-refractivity contribution in [1.29, 1.82) is 0 Å². The summed E-state index contributed by atoms with van der Waals surface area (Å²) in [4.78, 5) is 18.2. The standard InChI is InChI=1S/C21H20N2O2/c1-23(2)20(24)13-12-17-16-9-5-4-8-15(16)14-22-21(17)18-10-6-7-11-19(18)25-3/h4-14H,1-3H3/b13-12+. The van der Waals surface area contributed by atoms with Gasteiger partial charge in [-0.25, -0.2) is 0 Å².